The van der Waals surface area contributed by atoms with E-state index in [2.05, 4.69) is 5.32 Å². The van der Waals surface area contributed by atoms with Gasteiger partial charge in [0, 0.05) is 23.9 Å². The van der Waals surface area contributed by atoms with Gasteiger partial charge in [0.1, 0.15) is 10.1 Å². The number of hydrogen-bond donors (Lipinski definition) is 1. The molecule has 0 saturated carbocycles. The number of carbonyl (C=O) groups excluding carboxylic acids is 2. The molecule has 2 heterocycles. The standard InChI is InChI=1S/C17H15FN2O4S3/c18-13-4-2-1-3-11(13)9-14-16(22)20(17(25)26-14)7-5-15(21)19-12-6-8-27(23,24)10-12/h1-4,6,8-9,12H,5,7,10H2,(H,19,21)/b14-9+/t12-/m1/s1. The molecule has 142 valence electrons. The number of thiocarbonyl (C=S) groups is 1. The van der Waals surface area contributed by atoms with Gasteiger partial charge in [0.15, 0.2) is 9.84 Å². The molecule has 0 radical (unpaired) electrons. The highest BCUT2D eigenvalue weighted by molar-refractivity contribution is 8.26. The van der Waals surface area contributed by atoms with Crippen LogP contribution in [0.2, 0.25) is 0 Å². The van der Waals surface area contributed by atoms with Crippen LogP contribution in [0.5, 0.6) is 0 Å². The number of benzene rings is 1. The van der Waals surface area contributed by atoms with Gasteiger partial charge in [-0.05, 0) is 18.2 Å². The Bertz CT molecular complexity index is 972. The van der Waals surface area contributed by atoms with Crippen molar-refractivity contribution in [2.75, 3.05) is 12.3 Å². The van der Waals surface area contributed by atoms with E-state index in [4.69, 9.17) is 12.2 Å². The molecule has 1 aromatic rings. The monoisotopic (exact) mass is 426 g/mol. The first-order valence-electron chi connectivity index (χ1n) is 7.95. The van der Waals surface area contributed by atoms with Crippen LogP contribution in [0, 0.1) is 5.82 Å². The third-order valence-electron chi connectivity index (χ3n) is 3.90. The first-order valence-corrected chi connectivity index (χ1v) is 10.9. The Morgan fingerprint density at radius 3 is 2.81 bits per heavy atom. The third kappa shape index (κ3) is 4.82. The van der Waals surface area contributed by atoms with Crippen LogP contribution in [0.3, 0.4) is 0 Å². The summed E-state index contributed by atoms with van der Waals surface area (Å²) in [5.41, 5.74) is 0.282. The number of carbonyl (C=O) groups is 2. The lowest BCUT2D eigenvalue weighted by molar-refractivity contribution is -0.124. The number of amides is 2. The largest absolute Gasteiger partial charge is 0.349 e. The van der Waals surface area contributed by atoms with Crippen molar-refractivity contribution in [2.24, 2.45) is 0 Å². The van der Waals surface area contributed by atoms with E-state index in [0.29, 0.717) is 4.32 Å². The predicted octanol–water partition coefficient (Wildman–Crippen LogP) is 1.84. The fourth-order valence-electron chi connectivity index (χ4n) is 2.58. The van der Waals surface area contributed by atoms with Crippen LogP contribution in [0.4, 0.5) is 4.39 Å². The van der Waals surface area contributed by atoms with Gasteiger partial charge in [-0.2, -0.15) is 0 Å². The van der Waals surface area contributed by atoms with Crippen molar-refractivity contribution in [3.8, 4) is 0 Å². The second kappa shape index (κ2) is 7.91. The molecule has 0 spiro atoms. The molecule has 1 fully saturated rings. The van der Waals surface area contributed by atoms with Crippen molar-refractivity contribution in [1.29, 1.82) is 0 Å². The Hall–Kier alpha value is -2.04. The number of sulfone groups is 1. The zero-order chi connectivity index (χ0) is 19.6. The zero-order valence-electron chi connectivity index (χ0n) is 13.9. The van der Waals surface area contributed by atoms with Gasteiger partial charge in [-0.25, -0.2) is 12.8 Å². The highest BCUT2D eigenvalue weighted by Gasteiger charge is 2.32. The number of nitrogens with zero attached hydrogens (tertiary/aromatic N) is 1. The van der Waals surface area contributed by atoms with E-state index in [-0.39, 0.29) is 41.0 Å². The summed E-state index contributed by atoms with van der Waals surface area (Å²) in [6, 6.07) is 5.51. The van der Waals surface area contributed by atoms with Gasteiger partial charge in [0.2, 0.25) is 5.91 Å². The van der Waals surface area contributed by atoms with Gasteiger partial charge in [-0.15, -0.1) is 0 Å². The summed E-state index contributed by atoms with van der Waals surface area (Å²) in [7, 11) is -3.25. The van der Waals surface area contributed by atoms with Crippen LogP contribution in [0.25, 0.3) is 6.08 Å². The first-order chi connectivity index (χ1) is 12.7. The maximum atomic E-state index is 13.8. The summed E-state index contributed by atoms with van der Waals surface area (Å²) in [4.78, 5) is 26.1. The van der Waals surface area contributed by atoms with Crippen LogP contribution >= 0.6 is 24.0 Å². The quantitative estimate of drug-likeness (QED) is 0.572. The first kappa shape index (κ1) is 19.7. The van der Waals surface area contributed by atoms with E-state index >= 15 is 0 Å². The van der Waals surface area contributed by atoms with Crippen LogP contribution in [0.15, 0.2) is 40.7 Å². The average Bonchev–Trinajstić information content (AvgIpc) is 3.07. The molecule has 1 atom stereocenters. The maximum absolute atomic E-state index is 13.8. The minimum Gasteiger partial charge on any atom is -0.349 e. The van der Waals surface area contributed by atoms with Gasteiger partial charge in [-0.1, -0.05) is 42.2 Å². The Labute approximate surface area is 165 Å². The molecule has 2 aliphatic heterocycles. The summed E-state index contributed by atoms with van der Waals surface area (Å²) < 4.78 is 36.7. The molecule has 6 nitrogen and oxygen atoms in total. The molecule has 1 saturated heterocycles. The lowest BCUT2D eigenvalue weighted by Crippen LogP contribution is -2.38. The van der Waals surface area contributed by atoms with Crippen LogP contribution in [-0.4, -0.2) is 47.8 Å². The number of nitrogens with one attached hydrogen (secondary N) is 1. The highest BCUT2D eigenvalue weighted by Crippen LogP contribution is 2.32. The molecule has 0 aliphatic carbocycles. The molecule has 0 unspecified atom stereocenters. The second-order valence-corrected chi connectivity index (χ2v) is 9.54. The van der Waals surface area contributed by atoms with Crippen molar-refractivity contribution >= 4 is 56.0 Å². The average molecular weight is 427 g/mol. The number of thioether (sulfide) groups is 1. The van der Waals surface area contributed by atoms with E-state index in [1.165, 1.54) is 23.1 Å². The molecule has 27 heavy (non-hydrogen) atoms. The summed E-state index contributed by atoms with van der Waals surface area (Å²) in [5.74, 6) is -1.37. The molecule has 3 rings (SSSR count). The summed E-state index contributed by atoms with van der Waals surface area (Å²) >= 11 is 6.23. The Morgan fingerprint density at radius 2 is 2.15 bits per heavy atom. The third-order valence-corrected chi connectivity index (χ3v) is 6.68. The van der Waals surface area contributed by atoms with Gasteiger partial charge in [0.25, 0.3) is 5.91 Å². The second-order valence-electron chi connectivity index (χ2n) is 5.94. The topological polar surface area (TPSA) is 83.6 Å². The fourth-order valence-corrected chi connectivity index (χ4v) is 5.12. The predicted molar refractivity (Wildman–Crippen MR) is 106 cm³/mol. The van der Waals surface area contributed by atoms with Crippen LogP contribution in [0.1, 0.15) is 12.0 Å². The zero-order valence-corrected chi connectivity index (χ0v) is 16.4. The van der Waals surface area contributed by atoms with Crippen LogP contribution < -0.4 is 5.32 Å². The van der Waals surface area contributed by atoms with Gasteiger partial charge >= 0.3 is 0 Å². The molecular formula is C17H15FN2O4S3. The summed E-state index contributed by atoms with van der Waals surface area (Å²) in [5, 5.41) is 3.67. The summed E-state index contributed by atoms with van der Waals surface area (Å²) in [6.07, 6.45) is 2.83. The van der Waals surface area contributed by atoms with Gasteiger partial charge < -0.3 is 5.32 Å². The minimum atomic E-state index is -3.25. The number of rotatable bonds is 5. The van der Waals surface area contributed by atoms with E-state index in [1.54, 1.807) is 18.2 Å². The van der Waals surface area contributed by atoms with Crippen LogP contribution in [-0.2, 0) is 19.4 Å². The van der Waals surface area contributed by atoms with Crippen molar-refractivity contribution in [2.45, 2.75) is 12.5 Å². The van der Waals surface area contributed by atoms with E-state index in [0.717, 1.165) is 17.2 Å². The minimum absolute atomic E-state index is 0.0240. The molecule has 1 N–H and O–H groups in total. The normalized spacial score (nSPS) is 22.6. The maximum Gasteiger partial charge on any atom is 0.266 e. The molecular weight excluding hydrogens is 411 g/mol. The van der Waals surface area contributed by atoms with Crippen molar-refractivity contribution in [1.82, 2.24) is 10.2 Å². The van der Waals surface area contributed by atoms with Crippen molar-refractivity contribution in [3.05, 3.63) is 52.0 Å². The Kier molecular flexibility index (Phi) is 5.78. The number of hydrogen-bond acceptors (Lipinski definition) is 6. The van der Waals surface area contributed by atoms with E-state index in [1.807, 2.05) is 0 Å². The molecule has 2 aliphatic rings. The molecule has 0 bridgehead atoms. The smallest absolute Gasteiger partial charge is 0.266 e. The van der Waals surface area contributed by atoms with E-state index < -0.39 is 21.7 Å². The highest BCUT2D eigenvalue weighted by atomic mass is 32.2. The van der Waals surface area contributed by atoms with E-state index in [9.17, 15) is 22.4 Å². The molecule has 2 amide bonds. The Morgan fingerprint density at radius 1 is 1.41 bits per heavy atom. The lowest BCUT2D eigenvalue weighted by Gasteiger charge is -2.15. The SMILES string of the molecule is O=C(CCN1C(=O)/C(=C\c2ccccc2F)SC1=S)N[C@@H]1C=CS(=O)(=O)C1. The molecule has 10 heteroatoms. The van der Waals surface area contributed by atoms with Gasteiger partial charge in [0.05, 0.1) is 16.7 Å². The molecule has 0 aromatic heterocycles. The number of halogens is 1. The van der Waals surface area contributed by atoms with Gasteiger partial charge in [-0.3, -0.25) is 14.5 Å². The fraction of sp³-hybridized carbons (Fsp3) is 0.235. The Balaban J connectivity index is 1.59. The summed E-state index contributed by atoms with van der Waals surface area (Å²) in [6.45, 7) is 0.0638. The van der Waals surface area contributed by atoms with Crippen molar-refractivity contribution in [3.63, 3.8) is 0 Å². The van der Waals surface area contributed by atoms with Crippen molar-refractivity contribution < 1.29 is 22.4 Å². The molecule has 1 aromatic carbocycles. The lowest BCUT2D eigenvalue weighted by atomic mass is 10.2.